The Kier molecular flexibility index (Phi) is 2.66. The van der Waals surface area contributed by atoms with Gasteiger partial charge >= 0.3 is 0 Å². The Morgan fingerprint density at radius 2 is 1.88 bits per heavy atom. The van der Waals surface area contributed by atoms with Crippen LogP contribution in [0.2, 0.25) is 0 Å². The lowest BCUT2D eigenvalue weighted by atomic mass is 10.0. The molecule has 4 heteroatoms. The summed E-state index contributed by atoms with van der Waals surface area (Å²) in [5.74, 6) is -0.216. The summed E-state index contributed by atoms with van der Waals surface area (Å²) in [6.07, 6.45) is 0. The minimum atomic E-state index is -0.216. The van der Waals surface area contributed by atoms with Crippen molar-refractivity contribution in [3.8, 4) is 0 Å². The molecule has 0 saturated heterocycles. The molecule has 1 aliphatic rings. The fraction of sp³-hybridized carbons (Fsp3) is 0.500. The first-order valence-corrected chi connectivity index (χ1v) is 5.41. The number of halogens is 1. The molecule has 0 spiro atoms. The summed E-state index contributed by atoms with van der Waals surface area (Å²) in [5, 5.41) is 10.3. The zero-order valence-corrected chi connectivity index (χ0v) is 9.81. The fourth-order valence-electron chi connectivity index (χ4n) is 1.63. The van der Waals surface area contributed by atoms with E-state index in [0.29, 0.717) is 0 Å². The molecule has 86 valence electrons. The van der Waals surface area contributed by atoms with E-state index in [9.17, 15) is 4.39 Å². The van der Waals surface area contributed by atoms with Crippen molar-refractivity contribution in [3.05, 3.63) is 35.6 Å². The van der Waals surface area contributed by atoms with Gasteiger partial charge in [-0.1, -0.05) is 17.4 Å². The Hall–Kier alpha value is -1.45. The van der Waals surface area contributed by atoms with Crippen molar-refractivity contribution < 1.29 is 4.39 Å². The van der Waals surface area contributed by atoms with E-state index in [-0.39, 0.29) is 17.4 Å². The Labute approximate surface area is 95.0 Å². The van der Waals surface area contributed by atoms with Gasteiger partial charge in [-0.25, -0.2) is 4.39 Å². The van der Waals surface area contributed by atoms with Gasteiger partial charge < -0.3 is 0 Å². The maximum absolute atomic E-state index is 12.8. The van der Waals surface area contributed by atoms with Crippen LogP contribution >= 0.6 is 0 Å². The van der Waals surface area contributed by atoms with Crippen LogP contribution in [0.5, 0.6) is 0 Å². The van der Waals surface area contributed by atoms with Gasteiger partial charge in [0.25, 0.3) is 0 Å². The molecule has 0 N–H and O–H groups in total. The SMILES string of the molecule is CC(C)(C)N1CC(c2ccc(F)cc2)N=N1. The Bertz CT molecular complexity index is 392. The van der Waals surface area contributed by atoms with Crippen molar-refractivity contribution in [2.24, 2.45) is 10.3 Å². The Balaban J connectivity index is 2.10. The molecule has 1 heterocycles. The Morgan fingerprint density at radius 3 is 2.38 bits per heavy atom. The smallest absolute Gasteiger partial charge is 0.123 e. The van der Waals surface area contributed by atoms with Crippen LogP contribution in [-0.2, 0) is 0 Å². The molecule has 0 radical (unpaired) electrons. The second-order valence-electron chi connectivity index (χ2n) is 5.03. The number of hydrogen-bond acceptors (Lipinski definition) is 3. The predicted molar refractivity (Wildman–Crippen MR) is 60.5 cm³/mol. The van der Waals surface area contributed by atoms with E-state index in [1.807, 2.05) is 5.01 Å². The molecular formula is C12H16FN3. The van der Waals surface area contributed by atoms with Gasteiger partial charge in [-0.2, -0.15) is 5.11 Å². The topological polar surface area (TPSA) is 28.0 Å². The third-order valence-corrected chi connectivity index (χ3v) is 2.67. The quantitative estimate of drug-likeness (QED) is 0.714. The van der Waals surface area contributed by atoms with E-state index in [1.165, 1.54) is 12.1 Å². The summed E-state index contributed by atoms with van der Waals surface area (Å²) in [6.45, 7) is 7.05. The molecule has 2 rings (SSSR count). The fourth-order valence-corrected chi connectivity index (χ4v) is 1.63. The van der Waals surface area contributed by atoms with Crippen LogP contribution in [0.15, 0.2) is 34.6 Å². The van der Waals surface area contributed by atoms with Crippen molar-refractivity contribution in [1.82, 2.24) is 5.01 Å². The molecule has 16 heavy (non-hydrogen) atoms. The van der Waals surface area contributed by atoms with Gasteiger partial charge in [-0.05, 0) is 38.5 Å². The number of nitrogens with zero attached hydrogens (tertiary/aromatic N) is 3. The van der Waals surface area contributed by atoms with E-state index in [4.69, 9.17) is 0 Å². The van der Waals surface area contributed by atoms with Gasteiger partial charge in [-0.15, -0.1) is 0 Å². The summed E-state index contributed by atoms with van der Waals surface area (Å²) in [4.78, 5) is 0. The van der Waals surface area contributed by atoms with Crippen LogP contribution in [-0.4, -0.2) is 17.1 Å². The van der Waals surface area contributed by atoms with Crippen molar-refractivity contribution in [2.75, 3.05) is 6.54 Å². The molecule has 0 aliphatic carbocycles. The van der Waals surface area contributed by atoms with Gasteiger partial charge in [0.05, 0.1) is 12.1 Å². The average Bonchev–Trinajstić information content (AvgIpc) is 2.67. The summed E-state index contributed by atoms with van der Waals surface area (Å²) in [7, 11) is 0. The first-order chi connectivity index (χ1) is 7.47. The molecule has 1 aliphatic heterocycles. The predicted octanol–water partition coefficient (Wildman–Crippen LogP) is 3.35. The van der Waals surface area contributed by atoms with Gasteiger partial charge in [0.2, 0.25) is 0 Å². The molecule has 1 unspecified atom stereocenters. The highest BCUT2D eigenvalue weighted by Crippen LogP contribution is 2.29. The molecular weight excluding hydrogens is 205 g/mol. The van der Waals surface area contributed by atoms with Gasteiger partial charge in [0, 0.05) is 0 Å². The lowest BCUT2D eigenvalue weighted by Gasteiger charge is -2.28. The molecule has 0 bridgehead atoms. The van der Waals surface area contributed by atoms with Crippen LogP contribution in [0.4, 0.5) is 4.39 Å². The zero-order chi connectivity index (χ0) is 11.8. The van der Waals surface area contributed by atoms with E-state index in [2.05, 4.69) is 31.1 Å². The monoisotopic (exact) mass is 221 g/mol. The lowest BCUT2D eigenvalue weighted by molar-refractivity contribution is 0.155. The standard InChI is InChI=1S/C12H16FN3/c1-12(2,3)16-8-11(14-15-16)9-4-6-10(13)7-5-9/h4-7,11H,8H2,1-3H3. The van der Waals surface area contributed by atoms with Crippen LogP contribution in [0.3, 0.4) is 0 Å². The third kappa shape index (κ3) is 2.21. The van der Waals surface area contributed by atoms with Crippen molar-refractivity contribution in [2.45, 2.75) is 32.4 Å². The Morgan fingerprint density at radius 1 is 1.25 bits per heavy atom. The van der Waals surface area contributed by atoms with Crippen molar-refractivity contribution in [1.29, 1.82) is 0 Å². The highest BCUT2D eigenvalue weighted by atomic mass is 19.1. The van der Waals surface area contributed by atoms with Crippen LogP contribution in [0.25, 0.3) is 0 Å². The maximum Gasteiger partial charge on any atom is 0.123 e. The first kappa shape index (κ1) is 11.0. The van der Waals surface area contributed by atoms with Gasteiger partial charge in [-0.3, -0.25) is 5.01 Å². The highest BCUT2D eigenvalue weighted by Gasteiger charge is 2.28. The molecule has 3 nitrogen and oxygen atoms in total. The number of rotatable bonds is 1. The highest BCUT2D eigenvalue weighted by molar-refractivity contribution is 5.20. The molecule has 1 aromatic carbocycles. The zero-order valence-electron chi connectivity index (χ0n) is 9.81. The summed E-state index contributed by atoms with van der Waals surface area (Å²) in [5.41, 5.74) is 0.995. The molecule has 0 aromatic heterocycles. The van der Waals surface area contributed by atoms with Crippen LogP contribution in [0, 0.1) is 5.82 Å². The van der Waals surface area contributed by atoms with E-state index >= 15 is 0 Å². The summed E-state index contributed by atoms with van der Waals surface area (Å²) < 4.78 is 12.8. The van der Waals surface area contributed by atoms with Crippen LogP contribution < -0.4 is 0 Å². The summed E-state index contributed by atoms with van der Waals surface area (Å²) in [6, 6.07) is 6.49. The molecule has 1 atom stereocenters. The molecule has 0 saturated carbocycles. The lowest BCUT2D eigenvalue weighted by Crippen LogP contribution is -2.36. The van der Waals surface area contributed by atoms with Crippen LogP contribution in [0.1, 0.15) is 32.4 Å². The molecule has 1 aromatic rings. The minimum Gasteiger partial charge on any atom is -0.271 e. The van der Waals surface area contributed by atoms with Crippen molar-refractivity contribution in [3.63, 3.8) is 0 Å². The number of benzene rings is 1. The second-order valence-corrected chi connectivity index (χ2v) is 5.03. The molecule has 0 fully saturated rings. The maximum atomic E-state index is 12.8. The number of hydrogen-bond donors (Lipinski definition) is 0. The third-order valence-electron chi connectivity index (χ3n) is 2.67. The minimum absolute atomic E-state index is 0.0156. The van der Waals surface area contributed by atoms with E-state index in [0.717, 1.165) is 12.1 Å². The van der Waals surface area contributed by atoms with Crippen molar-refractivity contribution >= 4 is 0 Å². The second kappa shape index (κ2) is 3.85. The summed E-state index contributed by atoms with van der Waals surface area (Å²) >= 11 is 0. The van der Waals surface area contributed by atoms with E-state index < -0.39 is 0 Å². The largest absolute Gasteiger partial charge is 0.271 e. The average molecular weight is 221 g/mol. The first-order valence-electron chi connectivity index (χ1n) is 5.41. The van der Waals surface area contributed by atoms with E-state index in [1.54, 1.807) is 12.1 Å². The van der Waals surface area contributed by atoms with Gasteiger partial charge in [0.15, 0.2) is 0 Å². The normalized spacial score (nSPS) is 20.5. The molecule has 0 amide bonds. The van der Waals surface area contributed by atoms with Gasteiger partial charge in [0.1, 0.15) is 11.9 Å².